The molecule has 1 heterocycles. The standard InChI is InChI=1S/C14H14ClN3O3S/c1-16-14(19)9-5-11(8-17-7-9)18-22(20)13-6-10(15)3-4-12(13)21-2/h3-8,18H,1-2H3,(H,16,19). The molecule has 0 aliphatic carbocycles. The Morgan fingerprint density at radius 1 is 1.32 bits per heavy atom. The Kier molecular flexibility index (Phi) is 5.35. The van der Waals surface area contributed by atoms with Crippen molar-refractivity contribution in [1.82, 2.24) is 10.3 Å². The van der Waals surface area contributed by atoms with E-state index < -0.39 is 11.0 Å². The van der Waals surface area contributed by atoms with E-state index in [1.807, 2.05) is 0 Å². The number of carbonyl (C=O) groups excluding carboxylic acids is 1. The van der Waals surface area contributed by atoms with Crippen LogP contribution in [0.15, 0.2) is 41.6 Å². The van der Waals surface area contributed by atoms with Gasteiger partial charge in [-0.15, -0.1) is 0 Å². The molecule has 1 aromatic heterocycles. The first-order valence-corrected chi connectivity index (χ1v) is 7.77. The average Bonchev–Trinajstić information content (AvgIpc) is 2.54. The molecule has 1 unspecified atom stereocenters. The molecule has 6 nitrogen and oxygen atoms in total. The number of benzene rings is 1. The van der Waals surface area contributed by atoms with Crippen molar-refractivity contribution in [3.8, 4) is 5.75 Å². The highest BCUT2D eigenvalue weighted by atomic mass is 35.5. The van der Waals surface area contributed by atoms with Crippen LogP contribution in [0.2, 0.25) is 5.02 Å². The number of hydrogen-bond acceptors (Lipinski definition) is 4. The fourth-order valence-electron chi connectivity index (χ4n) is 1.72. The van der Waals surface area contributed by atoms with Crippen LogP contribution >= 0.6 is 11.6 Å². The van der Waals surface area contributed by atoms with Gasteiger partial charge < -0.3 is 10.1 Å². The van der Waals surface area contributed by atoms with Crippen LogP contribution < -0.4 is 14.8 Å². The van der Waals surface area contributed by atoms with E-state index in [-0.39, 0.29) is 5.91 Å². The van der Waals surface area contributed by atoms with E-state index in [0.717, 1.165) is 0 Å². The van der Waals surface area contributed by atoms with Crippen molar-refractivity contribution in [2.24, 2.45) is 0 Å². The number of rotatable bonds is 5. The molecule has 1 atom stereocenters. The largest absolute Gasteiger partial charge is 0.495 e. The van der Waals surface area contributed by atoms with Crippen molar-refractivity contribution >= 4 is 34.2 Å². The second kappa shape index (κ2) is 7.24. The molecule has 1 amide bonds. The highest BCUT2D eigenvalue weighted by Gasteiger charge is 2.13. The molecule has 8 heteroatoms. The number of nitrogens with zero attached hydrogens (tertiary/aromatic N) is 1. The predicted molar refractivity (Wildman–Crippen MR) is 85.7 cm³/mol. The minimum atomic E-state index is -1.61. The third kappa shape index (κ3) is 3.75. The maximum atomic E-state index is 12.4. The molecule has 0 bridgehead atoms. The molecular weight excluding hydrogens is 326 g/mol. The van der Waals surface area contributed by atoms with Crippen molar-refractivity contribution in [2.75, 3.05) is 18.9 Å². The van der Waals surface area contributed by atoms with Gasteiger partial charge in [0.25, 0.3) is 5.91 Å². The van der Waals surface area contributed by atoms with Crippen LogP contribution in [0.4, 0.5) is 5.69 Å². The predicted octanol–water partition coefficient (Wildman–Crippen LogP) is 2.24. The van der Waals surface area contributed by atoms with Crippen molar-refractivity contribution in [1.29, 1.82) is 0 Å². The van der Waals surface area contributed by atoms with Gasteiger partial charge in [-0.25, -0.2) is 4.21 Å². The Hall–Kier alpha value is -2.12. The molecule has 0 saturated heterocycles. The number of halogens is 1. The van der Waals surface area contributed by atoms with Crippen LogP contribution in [-0.4, -0.2) is 29.3 Å². The molecule has 0 fully saturated rings. The Morgan fingerprint density at radius 3 is 2.77 bits per heavy atom. The minimum absolute atomic E-state index is 0.276. The zero-order chi connectivity index (χ0) is 16.1. The van der Waals surface area contributed by atoms with E-state index in [4.69, 9.17) is 16.3 Å². The zero-order valence-corrected chi connectivity index (χ0v) is 13.5. The number of nitrogens with one attached hydrogen (secondary N) is 2. The van der Waals surface area contributed by atoms with Crippen LogP contribution in [0.5, 0.6) is 5.75 Å². The molecule has 116 valence electrons. The lowest BCUT2D eigenvalue weighted by Gasteiger charge is -2.10. The van der Waals surface area contributed by atoms with Gasteiger partial charge in [0, 0.05) is 18.3 Å². The van der Waals surface area contributed by atoms with Crippen LogP contribution in [-0.2, 0) is 11.0 Å². The number of anilines is 1. The topological polar surface area (TPSA) is 80.3 Å². The molecule has 0 aliphatic rings. The molecule has 2 aromatic rings. The second-order valence-electron chi connectivity index (χ2n) is 4.21. The number of carbonyl (C=O) groups is 1. The third-order valence-electron chi connectivity index (χ3n) is 2.76. The first-order valence-electron chi connectivity index (χ1n) is 6.24. The van der Waals surface area contributed by atoms with Crippen molar-refractivity contribution in [3.05, 3.63) is 47.2 Å². The van der Waals surface area contributed by atoms with Gasteiger partial charge in [-0.1, -0.05) is 11.6 Å². The summed E-state index contributed by atoms with van der Waals surface area (Å²) in [6.07, 6.45) is 2.90. The van der Waals surface area contributed by atoms with Crippen LogP contribution in [0.25, 0.3) is 0 Å². The quantitative estimate of drug-likeness (QED) is 0.875. The molecule has 2 rings (SSSR count). The summed E-state index contributed by atoms with van der Waals surface area (Å²) in [6, 6.07) is 6.39. The van der Waals surface area contributed by atoms with Gasteiger partial charge in [0.15, 0.2) is 11.0 Å². The molecule has 22 heavy (non-hydrogen) atoms. The monoisotopic (exact) mass is 339 g/mol. The van der Waals surface area contributed by atoms with Crippen LogP contribution in [0.3, 0.4) is 0 Å². The third-order valence-corrected chi connectivity index (χ3v) is 4.14. The van der Waals surface area contributed by atoms with E-state index in [1.165, 1.54) is 26.6 Å². The minimum Gasteiger partial charge on any atom is -0.495 e. The summed E-state index contributed by atoms with van der Waals surface area (Å²) in [7, 11) is 1.40. The van der Waals surface area contributed by atoms with Crippen molar-refractivity contribution in [3.63, 3.8) is 0 Å². The molecule has 1 aromatic carbocycles. The van der Waals surface area contributed by atoms with Gasteiger partial charge in [0.2, 0.25) is 0 Å². The molecule has 0 radical (unpaired) electrons. The van der Waals surface area contributed by atoms with Crippen LogP contribution in [0.1, 0.15) is 10.4 Å². The van der Waals surface area contributed by atoms with Crippen LogP contribution in [0, 0.1) is 0 Å². The van der Waals surface area contributed by atoms with Crippen molar-refractivity contribution < 1.29 is 13.7 Å². The fourth-order valence-corrected chi connectivity index (χ4v) is 2.96. The Bertz CT molecular complexity index is 724. The van der Waals surface area contributed by atoms with Gasteiger partial charge in [0.05, 0.1) is 24.6 Å². The highest BCUT2D eigenvalue weighted by Crippen LogP contribution is 2.26. The van der Waals surface area contributed by atoms with E-state index in [2.05, 4.69) is 15.0 Å². The molecule has 0 saturated carbocycles. The summed E-state index contributed by atoms with van der Waals surface area (Å²) in [5.74, 6) is 0.174. The van der Waals surface area contributed by atoms with E-state index in [1.54, 1.807) is 24.3 Å². The SMILES string of the molecule is CNC(=O)c1cncc(NS(=O)c2cc(Cl)ccc2OC)c1. The van der Waals surface area contributed by atoms with Gasteiger partial charge in [-0.05, 0) is 24.3 Å². The van der Waals surface area contributed by atoms with Gasteiger partial charge >= 0.3 is 0 Å². The number of hydrogen-bond donors (Lipinski definition) is 2. The first kappa shape index (κ1) is 16.3. The molecular formula is C14H14ClN3O3S. The molecule has 0 aliphatic heterocycles. The second-order valence-corrected chi connectivity index (χ2v) is 5.83. The highest BCUT2D eigenvalue weighted by molar-refractivity contribution is 7.86. The summed E-state index contributed by atoms with van der Waals surface area (Å²) in [6.45, 7) is 0. The summed E-state index contributed by atoms with van der Waals surface area (Å²) in [5.41, 5.74) is 0.809. The maximum absolute atomic E-state index is 12.4. The number of amides is 1. The average molecular weight is 340 g/mol. The lowest BCUT2D eigenvalue weighted by Crippen LogP contribution is -2.18. The van der Waals surface area contributed by atoms with Gasteiger partial charge in [0.1, 0.15) is 10.6 Å². The summed E-state index contributed by atoms with van der Waals surface area (Å²) >= 11 is 5.92. The maximum Gasteiger partial charge on any atom is 0.252 e. The van der Waals surface area contributed by atoms with Gasteiger partial charge in [-0.3, -0.25) is 14.5 Å². The van der Waals surface area contributed by atoms with E-state index in [0.29, 0.717) is 26.9 Å². The Balaban J connectivity index is 2.26. The summed E-state index contributed by atoms with van der Waals surface area (Å²) in [5, 5.41) is 2.95. The number of aromatic nitrogens is 1. The number of pyridine rings is 1. The Morgan fingerprint density at radius 2 is 2.09 bits per heavy atom. The first-order chi connectivity index (χ1) is 10.5. The summed E-state index contributed by atoms with van der Waals surface area (Å²) < 4.78 is 20.4. The lowest BCUT2D eigenvalue weighted by molar-refractivity contribution is 0.0963. The van der Waals surface area contributed by atoms with E-state index >= 15 is 0 Å². The zero-order valence-electron chi connectivity index (χ0n) is 11.9. The van der Waals surface area contributed by atoms with Crippen molar-refractivity contribution in [2.45, 2.75) is 4.90 Å². The number of ether oxygens (including phenoxy) is 1. The Labute approximate surface area is 135 Å². The van der Waals surface area contributed by atoms with E-state index in [9.17, 15) is 9.00 Å². The smallest absolute Gasteiger partial charge is 0.252 e. The summed E-state index contributed by atoms with van der Waals surface area (Å²) in [4.78, 5) is 15.9. The fraction of sp³-hybridized carbons (Fsp3) is 0.143. The lowest BCUT2D eigenvalue weighted by atomic mass is 10.2. The normalized spacial score (nSPS) is 11.6. The molecule has 0 spiro atoms. The molecule has 2 N–H and O–H groups in total. The van der Waals surface area contributed by atoms with Gasteiger partial charge in [-0.2, -0.15) is 0 Å². The number of methoxy groups -OCH3 is 1.